The van der Waals surface area contributed by atoms with Gasteiger partial charge in [0.2, 0.25) is 0 Å². The maximum Gasteiger partial charge on any atom is 0.263 e. The molecule has 0 aliphatic carbocycles. The van der Waals surface area contributed by atoms with Crippen molar-refractivity contribution in [3.63, 3.8) is 0 Å². The van der Waals surface area contributed by atoms with Gasteiger partial charge in [-0.3, -0.25) is 9.59 Å². The van der Waals surface area contributed by atoms with Crippen LogP contribution in [0.1, 0.15) is 20.8 Å². The summed E-state index contributed by atoms with van der Waals surface area (Å²) in [6.07, 6.45) is 1.41. The first-order chi connectivity index (χ1) is 14.9. The van der Waals surface area contributed by atoms with Crippen LogP contribution in [0.15, 0.2) is 53.6 Å². The summed E-state index contributed by atoms with van der Waals surface area (Å²) < 4.78 is 0.905. The average Bonchev–Trinajstić information content (AvgIpc) is 3.09. The number of aromatic nitrogens is 1. The molecule has 0 saturated carbocycles. The SMILES string of the molecule is Cc1ccc2cc(/C=N\NC(=O)CNC(=O)c3sc4ccccc4c3Cl)c(Cl)nc2c1. The van der Waals surface area contributed by atoms with E-state index in [1.54, 1.807) is 0 Å². The Morgan fingerprint density at radius 1 is 1.16 bits per heavy atom. The number of hydrazone groups is 1. The molecule has 0 unspecified atom stereocenters. The van der Waals surface area contributed by atoms with E-state index in [1.165, 1.54) is 17.6 Å². The Bertz CT molecular complexity index is 1350. The van der Waals surface area contributed by atoms with Crippen molar-refractivity contribution in [2.45, 2.75) is 6.92 Å². The van der Waals surface area contributed by atoms with Crippen LogP contribution < -0.4 is 10.7 Å². The minimum atomic E-state index is -0.484. The molecule has 2 amide bonds. The van der Waals surface area contributed by atoms with Crippen LogP contribution in [0, 0.1) is 6.92 Å². The Morgan fingerprint density at radius 3 is 2.77 bits per heavy atom. The number of aryl methyl sites for hydroxylation is 1. The van der Waals surface area contributed by atoms with Gasteiger partial charge in [-0.15, -0.1) is 11.3 Å². The number of rotatable bonds is 5. The van der Waals surface area contributed by atoms with E-state index in [0.717, 1.165) is 26.6 Å². The van der Waals surface area contributed by atoms with Crippen LogP contribution in [0.2, 0.25) is 10.2 Å². The molecule has 0 aliphatic heterocycles. The standard InChI is InChI=1S/C22H16Cl2N4O2S/c1-12-6-7-13-9-14(21(24)27-16(13)8-12)10-26-28-18(29)11-25-22(30)20-19(23)15-4-2-3-5-17(15)31-20/h2-10H,11H2,1H3,(H,25,30)(H,28,29)/b26-10-. The molecule has 2 N–H and O–H groups in total. The van der Waals surface area contributed by atoms with Gasteiger partial charge in [-0.2, -0.15) is 5.10 Å². The molecule has 2 heterocycles. The van der Waals surface area contributed by atoms with Gasteiger partial charge in [0.05, 0.1) is 23.3 Å². The summed E-state index contributed by atoms with van der Waals surface area (Å²) in [6, 6.07) is 15.2. The number of pyridine rings is 1. The van der Waals surface area contributed by atoms with Crippen molar-refractivity contribution in [2.24, 2.45) is 5.10 Å². The van der Waals surface area contributed by atoms with E-state index in [9.17, 15) is 9.59 Å². The molecule has 156 valence electrons. The molecule has 0 spiro atoms. The number of nitrogens with one attached hydrogen (secondary N) is 2. The molecule has 0 fully saturated rings. The molecule has 9 heteroatoms. The summed E-state index contributed by atoms with van der Waals surface area (Å²) in [5.41, 5.74) is 4.80. The number of hydrogen-bond donors (Lipinski definition) is 2. The van der Waals surface area contributed by atoms with Crippen LogP contribution in [0.25, 0.3) is 21.0 Å². The highest BCUT2D eigenvalue weighted by atomic mass is 35.5. The average molecular weight is 471 g/mol. The van der Waals surface area contributed by atoms with Crippen LogP contribution in [0.5, 0.6) is 0 Å². The lowest BCUT2D eigenvalue weighted by atomic mass is 10.1. The highest BCUT2D eigenvalue weighted by Gasteiger charge is 2.17. The summed E-state index contributed by atoms with van der Waals surface area (Å²) in [4.78, 5) is 29.2. The third-order valence-corrected chi connectivity index (χ3v) is 6.47. The van der Waals surface area contributed by atoms with Crippen LogP contribution in [-0.2, 0) is 4.79 Å². The number of carbonyl (C=O) groups is 2. The van der Waals surface area contributed by atoms with Gasteiger partial charge in [-0.05, 0) is 30.7 Å². The number of hydrogen-bond acceptors (Lipinski definition) is 5. The quantitative estimate of drug-likeness (QED) is 0.246. The van der Waals surface area contributed by atoms with Gasteiger partial charge in [0.15, 0.2) is 0 Å². The first kappa shape index (κ1) is 21.2. The fourth-order valence-electron chi connectivity index (χ4n) is 2.97. The van der Waals surface area contributed by atoms with Crippen molar-refractivity contribution in [1.29, 1.82) is 0 Å². The third-order valence-electron chi connectivity index (χ3n) is 4.50. The third kappa shape index (κ3) is 4.69. The minimum Gasteiger partial charge on any atom is -0.342 e. The van der Waals surface area contributed by atoms with Gasteiger partial charge in [-0.25, -0.2) is 10.4 Å². The van der Waals surface area contributed by atoms with Gasteiger partial charge < -0.3 is 5.32 Å². The molecule has 2 aromatic carbocycles. The van der Waals surface area contributed by atoms with E-state index in [2.05, 4.69) is 20.8 Å². The second-order valence-electron chi connectivity index (χ2n) is 6.78. The first-order valence-electron chi connectivity index (χ1n) is 9.26. The zero-order valence-corrected chi connectivity index (χ0v) is 18.6. The minimum absolute atomic E-state index is 0.246. The van der Waals surface area contributed by atoms with Crippen LogP contribution in [0.3, 0.4) is 0 Å². The van der Waals surface area contributed by atoms with Crippen LogP contribution >= 0.6 is 34.5 Å². The van der Waals surface area contributed by atoms with E-state index in [4.69, 9.17) is 23.2 Å². The highest BCUT2D eigenvalue weighted by Crippen LogP contribution is 2.34. The molecule has 0 radical (unpaired) electrons. The highest BCUT2D eigenvalue weighted by molar-refractivity contribution is 7.21. The summed E-state index contributed by atoms with van der Waals surface area (Å²) in [7, 11) is 0. The Labute approximate surface area is 191 Å². The summed E-state index contributed by atoms with van der Waals surface area (Å²) in [6.45, 7) is 1.73. The van der Waals surface area contributed by atoms with Gasteiger partial charge >= 0.3 is 0 Å². The molecule has 0 atom stereocenters. The van der Waals surface area contributed by atoms with E-state index >= 15 is 0 Å². The fourth-order valence-corrected chi connectivity index (χ4v) is 4.60. The number of carbonyl (C=O) groups excluding carboxylic acids is 2. The second-order valence-corrected chi connectivity index (χ2v) is 8.57. The van der Waals surface area contributed by atoms with Crippen molar-refractivity contribution in [1.82, 2.24) is 15.7 Å². The summed E-state index contributed by atoms with van der Waals surface area (Å²) in [5, 5.41) is 8.84. The molecule has 4 rings (SSSR count). The topological polar surface area (TPSA) is 83.5 Å². The van der Waals surface area contributed by atoms with Crippen molar-refractivity contribution < 1.29 is 9.59 Å². The predicted molar refractivity (Wildman–Crippen MR) is 126 cm³/mol. The lowest BCUT2D eigenvalue weighted by molar-refractivity contribution is -0.120. The first-order valence-corrected chi connectivity index (χ1v) is 10.8. The van der Waals surface area contributed by atoms with E-state index in [1.807, 2.05) is 55.5 Å². The maximum atomic E-state index is 12.4. The molecule has 4 aromatic rings. The maximum absolute atomic E-state index is 12.4. The Hall–Kier alpha value is -3.00. The fraction of sp³-hybridized carbons (Fsp3) is 0.0909. The Morgan fingerprint density at radius 2 is 1.97 bits per heavy atom. The molecule has 0 aliphatic rings. The largest absolute Gasteiger partial charge is 0.342 e. The van der Waals surface area contributed by atoms with Crippen LogP contribution in [-0.4, -0.2) is 29.6 Å². The second kappa shape index (κ2) is 9.01. The van der Waals surface area contributed by atoms with Crippen molar-refractivity contribution in [3.8, 4) is 0 Å². The van der Waals surface area contributed by atoms with Crippen molar-refractivity contribution in [2.75, 3.05) is 6.54 Å². The lowest BCUT2D eigenvalue weighted by Crippen LogP contribution is -2.34. The van der Waals surface area contributed by atoms with Gasteiger partial charge in [0, 0.05) is 21.0 Å². The lowest BCUT2D eigenvalue weighted by Gasteiger charge is -2.04. The predicted octanol–water partition coefficient (Wildman–Crippen LogP) is 4.94. The number of fused-ring (bicyclic) bond motifs is 2. The summed E-state index contributed by atoms with van der Waals surface area (Å²) in [5.74, 6) is -0.898. The molecule has 0 saturated heterocycles. The molecule has 6 nitrogen and oxygen atoms in total. The van der Waals surface area contributed by atoms with Gasteiger partial charge in [0.1, 0.15) is 10.0 Å². The number of benzene rings is 2. The Kier molecular flexibility index (Phi) is 6.18. The zero-order chi connectivity index (χ0) is 22.0. The van der Waals surface area contributed by atoms with Gasteiger partial charge in [-0.1, -0.05) is 53.5 Å². The Balaban J connectivity index is 1.37. The van der Waals surface area contributed by atoms with Crippen molar-refractivity contribution >= 4 is 73.6 Å². The number of nitrogens with zero attached hydrogens (tertiary/aromatic N) is 2. The molecule has 31 heavy (non-hydrogen) atoms. The van der Waals surface area contributed by atoms with Gasteiger partial charge in [0.25, 0.3) is 11.8 Å². The number of halogens is 2. The van der Waals surface area contributed by atoms with E-state index < -0.39 is 11.8 Å². The monoisotopic (exact) mass is 470 g/mol. The smallest absolute Gasteiger partial charge is 0.263 e. The normalized spacial score (nSPS) is 11.3. The molecule has 0 bridgehead atoms. The van der Waals surface area contributed by atoms with E-state index in [-0.39, 0.29) is 11.7 Å². The summed E-state index contributed by atoms with van der Waals surface area (Å²) >= 11 is 13.8. The number of thiophene rings is 1. The van der Waals surface area contributed by atoms with E-state index in [0.29, 0.717) is 15.5 Å². The number of amides is 2. The molecular weight excluding hydrogens is 455 g/mol. The zero-order valence-electron chi connectivity index (χ0n) is 16.3. The molecular formula is C22H16Cl2N4O2S. The molecule has 2 aromatic heterocycles. The van der Waals surface area contributed by atoms with Crippen LogP contribution in [0.4, 0.5) is 0 Å². The van der Waals surface area contributed by atoms with Crippen molar-refractivity contribution in [3.05, 3.63) is 74.7 Å².